The normalized spacial score (nSPS) is 26.0. The second kappa shape index (κ2) is 5.97. The molecule has 0 aromatic carbocycles. The average molecular weight is 231 g/mol. The van der Waals surface area contributed by atoms with E-state index in [2.05, 4.69) is 23.3 Å². The first-order chi connectivity index (χ1) is 7.19. The molecule has 0 spiro atoms. The molecule has 5 nitrogen and oxygen atoms in total. The van der Waals surface area contributed by atoms with Crippen LogP contribution in [0.4, 0.5) is 0 Å². The molecule has 4 N–H and O–H groups in total. The fraction of sp³-hybridized carbons (Fsp3) is 0.778. The number of carbonyl (C=O) groups excluding carboxylic acids is 2. The summed E-state index contributed by atoms with van der Waals surface area (Å²) in [5, 5.41) is 5.32. The summed E-state index contributed by atoms with van der Waals surface area (Å²) in [6.07, 6.45) is 2.37. The van der Waals surface area contributed by atoms with Gasteiger partial charge in [-0.05, 0) is 25.8 Å². The van der Waals surface area contributed by atoms with Crippen molar-refractivity contribution in [3.63, 3.8) is 0 Å². The van der Waals surface area contributed by atoms with E-state index < -0.39 is 12.1 Å². The van der Waals surface area contributed by atoms with Crippen molar-refractivity contribution in [1.82, 2.24) is 10.6 Å². The molecule has 6 heteroatoms. The largest absolute Gasteiger partial charge is 0.342 e. The van der Waals surface area contributed by atoms with Crippen LogP contribution in [-0.2, 0) is 9.59 Å². The molecule has 2 atom stereocenters. The number of rotatable bonds is 5. The quantitative estimate of drug-likeness (QED) is 0.363. The molecule has 0 unspecified atom stereocenters. The number of carbonyl (C=O) groups is 2. The number of piperazine rings is 1. The Morgan fingerprint density at radius 3 is 2.33 bits per heavy atom. The first-order valence-corrected chi connectivity index (χ1v) is 5.74. The first-order valence-electron chi connectivity index (χ1n) is 5.10. The topological polar surface area (TPSA) is 84.2 Å². The van der Waals surface area contributed by atoms with Gasteiger partial charge in [0, 0.05) is 5.75 Å². The smallest absolute Gasteiger partial charge is 0.244 e. The van der Waals surface area contributed by atoms with E-state index in [4.69, 9.17) is 5.73 Å². The van der Waals surface area contributed by atoms with Gasteiger partial charge >= 0.3 is 0 Å². The van der Waals surface area contributed by atoms with Gasteiger partial charge in [-0.25, -0.2) is 0 Å². The molecule has 1 aliphatic rings. The van der Waals surface area contributed by atoms with Gasteiger partial charge < -0.3 is 16.4 Å². The van der Waals surface area contributed by atoms with Crippen molar-refractivity contribution in [3.8, 4) is 0 Å². The molecular formula is C9H17N3O2S. The summed E-state index contributed by atoms with van der Waals surface area (Å²) >= 11 is 3.99. The maximum Gasteiger partial charge on any atom is 0.244 e. The monoisotopic (exact) mass is 231 g/mol. The molecule has 2 amide bonds. The maximum atomic E-state index is 11.5. The number of unbranched alkanes of at least 4 members (excludes halogenated alkanes) is 1. The first kappa shape index (κ1) is 12.3. The Balaban J connectivity index is 2.41. The summed E-state index contributed by atoms with van der Waals surface area (Å²) in [4.78, 5) is 22.9. The third-order valence-electron chi connectivity index (χ3n) is 2.40. The van der Waals surface area contributed by atoms with Crippen LogP contribution in [0.15, 0.2) is 0 Å². The van der Waals surface area contributed by atoms with E-state index in [-0.39, 0.29) is 11.8 Å². The van der Waals surface area contributed by atoms with Crippen LogP contribution >= 0.6 is 12.6 Å². The lowest BCUT2D eigenvalue weighted by atomic mass is 10.1. The van der Waals surface area contributed by atoms with Gasteiger partial charge in [0.2, 0.25) is 11.8 Å². The van der Waals surface area contributed by atoms with Gasteiger partial charge in [-0.2, -0.15) is 12.6 Å². The molecule has 0 saturated carbocycles. The van der Waals surface area contributed by atoms with Crippen LogP contribution in [-0.4, -0.2) is 36.2 Å². The standard InChI is InChI=1S/C9H17N3O2S/c10-4-2-1-3-6-8(13)12-7(5-15)9(14)11-6/h6-7,15H,1-5,10H2,(H,11,14)(H,12,13)/t6-,7-/m0/s1. The van der Waals surface area contributed by atoms with Gasteiger partial charge in [-0.15, -0.1) is 0 Å². The number of hydrogen-bond acceptors (Lipinski definition) is 4. The zero-order valence-corrected chi connectivity index (χ0v) is 9.43. The zero-order valence-electron chi connectivity index (χ0n) is 8.53. The number of nitrogens with two attached hydrogens (primary N) is 1. The summed E-state index contributed by atoms with van der Waals surface area (Å²) in [6, 6.07) is -0.897. The van der Waals surface area contributed by atoms with Crippen molar-refractivity contribution < 1.29 is 9.59 Å². The van der Waals surface area contributed by atoms with Gasteiger partial charge in [0.15, 0.2) is 0 Å². The highest BCUT2D eigenvalue weighted by Crippen LogP contribution is 2.06. The minimum atomic E-state index is -0.494. The van der Waals surface area contributed by atoms with E-state index in [1.807, 2.05) is 0 Å². The minimum Gasteiger partial charge on any atom is -0.342 e. The molecule has 1 heterocycles. The highest BCUT2D eigenvalue weighted by molar-refractivity contribution is 7.80. The van der Waals surface area contributed by atoms with Crippen molar-refractivity contribution >= 4 is 24.4 Å². The van der Waals surface area contributed by atoms with Gasteiger partial charge in [0.25, 0.3) is 0 Å². The van der Waals surface area contributed by atoms with Gasteiger partial charge in [-0.3, -0.25) is 9.59 Å². The number of hydrogen-bond donors (Lipinski definition) is 4. The molecule has 0 radical (unpaired) electrons. The zero-order chi connectivity index (χ0) is 11.3. The third kappa shape index (κ3) is 3.39. The summed E-state index contributed by atoms with van der Waals surface area (Å²) in [7, 11) is 0. The van der Waals surface area contributed by atoms with Crippen LogP contribution in [0.2, 0.25) is 0 Å². The highest BCUT2D eigenvalue weighted by Gasteiger charge is 2.31. The molecular weight excluding hydrogens is 214 g/mol. The Morgan fingerprint density at radius 1 is 1.13 bits per heavy atom. The SMILES string of the molecule is NCCCC[C@@H]1NC(=O)[C@H](CS)NC1=O. The Labute approximate surface area is 94.6 Å². The van der Waals surface area contributed by atoms with Crippen LogP contribution in [0.3, 0.4) is 0 Å². The van der Waals surface area contributed by atoms with E-state index in [9.17, 15) is 9.59 Å². The van der Waals surface area contributed by atoms with Crippen molar-refractivity contribution in [2.45, 2.75) is 31.3 Å². The van der Waals surface area contributed by atoms with Crippen molar-refractivity contribution in [2.24, 2.45) is 5.73 Å². The molecule has 86 valence electrons. The van der Waals surface area contributed by atoms with Crippen molar-refractivity contribution in [2.75, 3.05) is 12.3 Å². The Bertz CT molecular complexity index is 248. The summed E-state index contributed by atoms with van der Waals surface area (Å²) < 4.78 is 0. The molecule has 0 aromatic rings. The van der Waals surface area contributed by atoms with Gasteiger partial charge in [-0.1, -0.05) is 0 Å². The fourth-order valence-corrected chi connectivity index (χ4v) is 1.76. The second-order valence-corrected chi connectivity index (χ2v) is 3.95. The summed E-state index contributed by atoms with van der Waals surface area (Å²) in [6.45, 7) is 0.613. The summed E-state index contributed by atoms with van der Waals surface area (Å²) in [5.74, 6) is 0.0561. The number of thiol groups is 1. The van der Waals surface area contributed by atoms with Gasteiger partial charge in [0.05, 0.1) is 0 Å². The lowest BCUT2D eigenvalue weighted by Gasteiger charge is -2.28. The average Bonchev–Trinajstić information content (AvgIpc) is 2.23. The maximum absolute atomic E-state index is 11.5. The molecule has 1 fully saturated rings. The van der Waals surface area contributed by atoms with Crippen LogP contribution in [0.5, 0.6) is 0 Å². The lowest BCUT2D eigenvalue weighted by Crippen LogP contribution is -2.62. The van der Waals surface area contributed by atoms with Crippen LogP contribution < -0.4 is 16.4 Å². The molecule has 0 aromatic heterocycles. The predicted molar refractivity (Wildman–Crippen MR) is 60.6 cm³/mol. The molecule has 0 aliphatic carbocycles. The van der Waals surface area contributed by atoms with E-state index >= 15 is 0 Å². The fourth-order valence-electron chi connectivity index (χ4n) is 1.50. The van der Waals surface area contributed by atoms with E-state index in [0.29, 0.717) is 18.7 Å². The van der Waals surface area contributed by atoms with E-state index in [1.165, 1.54) is 0 Å². The minimum absolute atomic E-state index is 0.120. The molecule has 1 saturated heterocycles. The predicted octanol–water partition coefficient (Wildman–Crippen LogP) is -0.972. The van der Waals surface area contributed by atoms with Crippen LogP contribution in [0.1, 0.15) is 19.3 Å². The van der Waals surface area contributed by atoms with Crippen LogP contribution in [0.25, 0.3) is 0 Å². The second-order valence-electron chi connectivity index (χ2n) is 3.59. The molecule has 1 rings (SSSR count). The number of nitrogens with one attached hydrogen (secondary N) is 2. The molecule has 15 heavy (non-hydrogen) atoms. The Kier molecular flexibility index (Phi) is 4.90. The van der Waals surface area contributed by atoms with Crippen molar-refractivity contribution in [1.29, 1.82) is 0 Å². The van der Waals surface area contributed by atoms with Crippen LogP contribution in [0, 0.1) is 0 Å². The van der Waals surface area contributed by atoms with Crippen molar-refractivity contribution in [3.05, 3.63) is 0 Å². The van der Waals surface area contributed by atoms with E-state index in [1.54, 1.807) is 0 Å². The Hall–Kier alpha value is -0.750. The highest BCUT2D eigenvalue weighted by atomic mass is 32.1. The Morgan fingerprint density at radius 2 is 1.73 bits per heavy atom. The van der Waals surface area contributed by atoms with E-state index in [0.717, 1.165) is 12.8 Å². The molecule has 1 aliphatic heterocycles. The third-order valence-corrected chi connectivity index (χ3v) is 2.76. The lowest BCUT2D eigenvalue weighted by molar-refractivity contribution is -0.136. The van der Waals surface area contributed by atoms with Gasteiger partial charge in [0.1, 0.15) is 12.1 Å². The molecule has 0 bridgehead atoms. The summed E-state index contributed by atoms with van der Waals surface area (Å²) in [5.41, 5.74) is 5.35. The number of amides is 2.